The van der Waals surface area contributed by atoms with Gasteiger partial charge in [-0.25, -0.2) is 0 Å². The minimum absolute atomic E-state index is 0.0367. The molecular formula is C21H23NO5. The fourth-order valence-corrected chi connectivity index (χ4v) is 3.97. The fraction of sp³-hybridized carbons (Fsp3) is 0.381. The largest absolute Gasteiger partial charge is 0.496 e. The van der Waals surface area contributed by atoms with Crippen LogP contribution in [0.15, 0.2) is 42.5 Å². The van der Waals surface area contributed by atoms with Gasteiger partial charge in [-0.05, 0) is 49.7 Å². The first-order valence-corrected chi connectivity index (χ1v) is 9.16. The summed E-state index contributed by atoms with van der Waals surface area (Å²) in [7, 11) is 1.67. The van der Waals surface area contributed by atoms with Gasteiger partial charge >= 0.3 is 5.97 Å². The number of carboxylic acid groups (broad SMARTS) is 1. The summed E-state index contributed by atoms with van der Waals surface area (Å²) < 4.78 is 16.6. The smallest absolute Gasteiger partial charge is 0.306 e. The van der Waals surface area contributed by atoms with Gasteiger partial charge in [0, 0.05) is 5.56 Å². The highest BCUT2D eigenvalue weighted by atomic mass is 16.7. The number of hydrogen-bond acceptors (Lipinski definition) is 5. The number of rotatable bonds is 5. The molecule has 4 rings (SSSR count). The van der Waals surface area contributed by atoms with E-state index < -0.39 is 5.97 Å². The molecule has 0 bridgehead atoms. The standard InChI is InChI=1S/C21H23NO5/c1-25-17-5-3-2-4-16(17)20(22-10-8-14(9-11-22)21(23)24)15-6-7-18-19(12-15)27-13-26-18/h2-7,12,14,20H,8-11,13H2,1H3,(H,23,24). The Kier molecular flexibility index (Phi) is 4.90. The first kappa shape index (κ1) is 17.7. The van der Waals surface area contributed by atoms with Crippen LogP contribution in [0.5, 0.6) is 17.2 Å². The molecule has 6 nitrogen and oxygen atoms in total. The number of piperidine rings is 1. The van der Waals surface area contributed by atoms with E-state index in [2.05, 4.69) is 11.0 Å². The predicted octanol–water partition coefficient (Wildman–Crippen LogP) is 3.31. The lowest BCUT2D eigenvalue weighted by molar-refractivity contribution is -0.143. The third-order valence-electron chi connectivity index (χ3n) is 5.39. The number of methoxy groups -OCH3 is 1. The Balaban J connectivity index is 1.71. The quantitative estimate of drug-likeness (QED) is 0.872. The molecule has 1 atom stereocenters. The third kappa shape index (κ3) is 3.45. The molecule has 142 valence electrons. The SMILES string of the molecule is COc1ccccc1C(c1ccc2c(c1)OCO2)N1CCC(C(=O)O)CC1. The van der Waals surface area contributed by atoms with Crippen LogP contribution in [0.2, 0.25) is 0 Å². The van der Waals surface area contributed by atoms with E-state index in [1.54, 1.807) is 7.11 Å². The summed E-state index contributed by atoms with van der Waals surface area (Å²) in [5, 5.41) is 9.32. The van der Waals surface area contributed by atoms with Crippen LogP contribution < -0.4 is 14.2 Å². The highest BCUT2D eigenvalue weighted by Crippen LogP contribution is 2.41. The first-order chi connectivity index (χ1) is 13.2. The Morgan fingerprint density at radius 2 is 1.89 bits per heavy atom. The van der Waals surface area contributed by atoms with Gasteiger partial charge in [0.1, 0.15) is 5.75 Å². The van der Waals surface area contributed by atoms with Crippen LogP contribution in [0.25, 0.3) is 0 Å². The van der Waals surface area contributed by atoms with Crippen LogP contribution in [0.1, 0.15) is 30.0 Å². The molecule has 0 radical (unpaired) electrons. The Bertz CT molecular complexity index is 829. The number of nitrogens with zero attached hydrogens (tertiary/aromatic N) is 1. The lowest BCUT2D eigenvalue weighted by Gasteiger charge is -2.37. The zero-order chi connectivity index (χ0) is 18.8. The first-order valence-electron chi connectivity index (χ1n) is 9.16. The number of fused-ring (bicyclic) bond motifs is 1. The second kappa shape index (κ2) is 7.48. The molecule has 2 aromatic carbocycles. The van der Waals surface area contributed by atoms with E-state index in [0.717, 1.165) is 28.4 Å². The highest BCUT2D eigenvalue weighted by Gasteiger charge is 2.32. The molecule has 6 heteroatoms. The molecule has 1 fully saturated rings. The lowest BCUT2D eigenvalue weighted by Crippen LogP contribution is -2.39. The zero-order valence-corrected chi connectivity index (χ0v) is 15.3. The van der Waals surface area contributed by atoms with Crippen LogP contribution in [0.3, 0.4) is 0 Å². The van der Waals surface area contributed by atoms with Crippen molar-refractivity contribution in [2.24, 2.45) is 5.92 Å². The molecule has 2 aliphatic heterocycles. The molecule has 0 aromatic heterocycles. The monoisotopic (exact) mass is 369 g/mol. The van der Waals surface area contributed by atoms with Crippen LogP contribution in [-0.4, -0.2) is 43.0 Å². The molecule has 1 saturated heterocycles. The van der Waals surface area contributed by atoms with Crippen molar-refractivity contribution < 1.29 is 24.1 Å². The molecule has 2 aliphatic rings. The van der Waals surface area contributed by atoms with E-state index in [-0.39, 0.29) is 18.8 Å². The maximum absolute atomic E-state index is 11.3. The molecular weight excluding hydrogens is 346 g/mol. The van der Waals surface area contributed by atoms with Crippen molar-refractivity contribution in [2.75, 3.05) is 27.0 Å². The lowest BCUT2D eigenvalue weighted by atomic mass is 9.91. The van der Waals surface area contributed by atoms with Crippen molar-refractivity contribution in [1.29, 1.82) is 0 Å². The summed E-state index contributed by atoms with van der Waals surface area (Å²) in [6, 6.07) is 13.9. The number of ether oxygens (including phenoxy) is 3. The third-order valence-corrected chi connectivity index (χ3v) is 5.39. The molecule has 2 heterocycles. The van der Waals surface area contributed by atoms with E-state index in [0.29, 0.717) is 25.9 Å². The van der Waals surface area contributed by atoms with Crippen molar-refractivity contribution in [3.63, 3.8) is 0 Å². The van der Waals surface area contributed by atoms with E-state index in [1.165, 1.54) is 0 Å². The minimum Gasteiger partial charge on any atom is -0.496 e. The second-order valence-corrected chi connectivity index (χ2v) is 6.91. The molecule has 0 amide bonds. The Morgan fingerprint density at radius 1 is 1.15 bits per heavy atom. The van der Waals surface area contributed by atoms with Crippen molar-refractivity contribution in [3.05, 3.63) is 53.6 Å². The van der Waals surface area contributed by atoms with Gasteiger partial charge in [-0.2, -0.15) is 0 Å². The van der Waals surface area contributed by atoms with E-state index in [1.807, 2.05) is 36.4 Å². The van der Waals surface area contributed by atoms with E-state index in [4.69, 9.17) is 14.2 Å². The number of aliphatic carboxylic acids is 1. The van der Waals surface area contributed by atoms with Crippen LogP contribution in [0, 0.1) is 5.92 Å². The molecule has 0 aliphatic carbocycles. The zero-order valence-electron chi connectivity index (χ0n) is 15.3. The second-order valence-electron chi connectivity index (χ2n) is 6.91. The van der Waals surface area contributed by atoms with Crippen LogP contribution in [0.4, 0.5) is 0 Å². The number of carbonyl (C=O) groups is 1. The summed E-state index contributed by atoms with van der Waals surface area (Å²) >= 11 is 0. The Labute approximate surface area is 158 Å². The Hall–Kier alpha value is -2.73. The number of carboxylic acids is 1. The van der Waals surface area contributed by atoms with Gasteiger partial charge in [0.2, 0.25) is 6.79 Å². The fourth-order valence-electron chi connectivity index (χ4n) is 3.97. The van der Waals surface area contributed by atoms with Crippen molar-refractivity contribution in [3.8, 4) is 17.2 Å². The molecule has 1 N–H and O–H groups in total. The van der Waals surface area contributed by atoms with Gasteiger partial charge in [0.15, 0.2) is 11.5 Å². The summed E-state index contributed by atoms with van der Waals surface area (Å²) in [5.41, 5.74) is 2.14. The van der Waals surface area contributed by atoms with Crippen LogP contribution in [-0.2, 0) is 4.79 Å². The number of hydrogen-bond donors (Lipinski definition) is 1. The minimum atomic E-state index is -0.702. The maximum atomic E-state index is 11.3. The molecule has 1 unspecified atom stereocenters. The van der Waals surface area contributed by atoms with Gasteiger partial charge in [-0.1, -0.05) is 24.3 Å². The van der Waals surface area contributed by atoms with Gasteiger partial charge in [-0.3, -0.25) is 9.69 Å². The summed E-state index contributed by atoms with van der Waals surface area (Å²) in [6.07, 6.45) is 1.29. The average Bonchev–Trinajstić information content (AvgIpc) is 3.17. The average molecular weight is 369 g/mol. The topological polar surface area (TPSA) is 68.2 Å². The van der Waals surface area contributed by atoms with Crippen molar-refractivity contribution >= 4 is 5.97 Å². The Morgan fingerprint density at radius 3 is 2.63 bits per heavy atom. The van der Waals surface area contributed by atoms with Gasteiger partial charge in [0.05, 0.1) is 19.1 Å². The number of likely N-dealkylation sites (tertiary alicyclic amines) is 1. The van der Waals surface area contributed by atoms with Crippen molar-refractivity contribution in [2.45, 2.75) is 18.9 Å². The molecule has 27 heavy (non-hydrogen) atoms. The summed E-state index contributed by atoms with van der Waals surface area (Å²) in [6.45, 7) is 1.67. The summed E-state index contributed by atoms with van der Waals surface area (Å²) in [5.74, 6) is 1.35. The van der Waals surface area contributed by atoms with Crippen molar-refractivity contribution in [1.82, 2.24) is 4.90 Å². The van der Waals surface area contributed by atoms with Crippen LogP contribution >= 0.6 is 0 Å². The number of para-hydroxylation sites is 1. The van der Waals surface area contributed by atoms with Gasteiger partial charge in [-0.15, -0.1) is 0 Å². The molecule has 2 aromatic rings. The predicted molar refractivity (Wildman–Crippen MR) is 99.3 cm³/mol. The normalized spacial score (nSPS) is 18.3. The van der Waals surface area contributed by atoms with Gasteiger partial charge < -0.3 is 19.3 Å². The molecule has 0 saturated carbocycles. The maximum Gasteiger partial charge on any atom is 0.306 e. The number of benzene rings is 2. The van der Waals surface area contributed by atoms with E-state index >= 15 is 0 Å². The van der Waals surface area contributed by atoms with Gasteiger partial charge in [0.25, 0.3) is 0 Å². The van der Waals surface area contributed by atoms with E-state index in [9.17, 15) is 9.90 Å². The molecule has 0 spiro atoms. The highest BCUT2D eigenvalue weighted by molar-refractivity contribution is 5.70. The summed E-state index contributed by atoms with van der Waals surface area (Å²) in [4.78, 5) is 13.7.